The third kappa shape index (κ3) is 2.35. The molecule has 0 amide bonds. The fraction of sp³-hybridized carbons (Fsp3) is 0.500. The molecular weight excluding hydrogens is 255 g/mol. The maximum atomic E-state index is 11.7. The van der Waals surface area contributed by atoms with Crippen molar-refractivity contribution in [3.63, 3.8) is 0 Å². The molecule has 1 aromatic rings. The van der Waals surface area contributed by atoms with E-state index in [1.807, 2.05) is 33.8 Å². The van der Waals surface area contributed by atoms with Crippen molar-refractivity contribution >= 4 is 18.4 Å². The molecule has 5 nitrogen and oxygen atoms in total. The lowest BCUT2D eigenvalue weighted by Gasteiger charge is -2.32. The third-order valence-electron chi connectivity index (χ3n) is 3.94. The number of hydrogen-bond donors (Lipinski definition) is 0. The molecule has 2 heterocycles. The lowest BCUT2D eigenvalue weighted by molar-refractivity contribution is 0.00578. The van der Waals surface area contributed by atoms with Gasteiger partial charge in [0.15, 0.2) is 5.78 Å². The van der Waals surface area contributed by atoms with Gasteiger partial charge in [0.2, 0.25) is 0 Å². The molecule has 6 heteroatoms. The Labute approximate surface area is 119 Å². The summed E-state index contributed by atoms with van der Waals surface area (Å²) in [6.07, 6.45) is 1.40. The van der Waals surface area contributed by atoms with Crippen LogP contribution in [0.3, 0.4) is 0 Å². The highest BCUT2D eigenvalue weighted by molar-refractivity contribution is 6.63. The summed E-state index contributed by atoms with van der Waals surface area (Å²) in [6, 6.07) is 3.52. The number of carbonyl (C=O) groups is 1. The van der Waals surface area contributed by atoms with Gasteiger partial charge in [0, 0.05) is 11.8 Å². The molecule has 0 aromatic carbocycles. The van der Waals surface area contributed by atoms with Gasteiger partial charge in [0.1, 0.15) is 11.8 Å². The number of nitriles is 1. The van der Waals surface area contributed by atoms with Crippen molar-refractivity contribution in [1.82, 2.24) is 4.98 Å². The zero-order valence-corrected chi connectivity index (χ0v) is 12.4. The van der Waals surface area contributed by atoms with Crippen LogP contribution in [0.1, 0.15) is 50.7 Å². The number of pyridine rings is 1. The number of hydrogen-bond acceptors (Lipinski definition) is 5. The first-order chi connectivity index (χ1) is 9.18. The Morgan fingerprint density at radius 3 is 2.30 bits per heavy atom. The standard InChI is InChI=1S/C14H17BN2O3/c1-9(18)11-8-17-10(7-16)6-12(11)15-19-13(2,3)14(4,5)20-15/h6,8H,1-5H3. The summed E-state index contributed by atoms with van der Waals surface area (Å²) in [7, 11) is -0.672. The smallest absolute Gasteiger partial charge is 0.399 e. The second-order valence-corrected chi connectivity index (χ2v) is 5.91. The lowest BCUT2D eigenvalue weighted by atomic mass is 9.75. The number of ketones is 1. The van der Waals surface area contributed by atoms with Gasteiger partial charge < -0.3 is 9.31 Å². The molecule has 20 heavy (non-hydrogen) atoms. The van der Waals surface area contributed by atoms with Gasteiger partial charge in [-0.1, -0.05) is 0 Å². The Morgan fingerprint density at radius 1 is 1.30 bits per heavy atom. The Bertz CT molecular complexity index is 589. The molecule has 0 atom stereocenters. The zero-order chi connectivity index (χ0) is 15.1. The quantitative estimate of drug-likeness (QED) is 0.602. The Kier molecular flexibility index (Phi) is 3.45. The molecular formula is C14H17BN2O3. The van der Waals surface area contributed by atoms with E-state index >= 15 is 0 Å². The molecule has 0 bridgehead atoms. The van der Waals surface area contributed by atoms with Gasteiger partial charge >= 0.3 is 7.12 Å². The molecule has 1 aliphatic rings. The molecule has 1 fully saturated rings. The average Bonchev–Trinajstić information content (AvgIpc) is 2.57. The van der Waals surface area contributed by atoms with Crippen LogP contribution in [0, 0.1) is 11.3 Å². The van der Waals surface area contributed by atoms with Gasteiger partial charge in [-0.25, -0.2) is 4.98 Å². The topological polar surface area (TPSA) is 72.2 Å². The molecule has 1 saturated heterocycles. The normalized spacial score (nSPS) is 19.7. The number of aromatic nitrogens is 1. The highest BCUT2D eigenvalue weighted by Crippen LogP contribution is 2.36. The van der Waals surface area contributed by atoms with Crippen LogP contribution in [0.2, 0.25) is 0 Å². The minimum atomic E-state index is -0.672. The van der Waals surface area contributed by atoms with Crippen LogP contribution >= 0.6 is 0 Å². The molecule has 1 aliphatic heterocycles. The summed E-state index contributed by atoms with van der Waals surface area (Å²) < 4.78 is 11.9. The second kappa shape index (κ2) is 4.69. The highest BCUT2D eigenvalue weighted by Gasteiger charge is 2.52. The van der Waals surface area contributed by atoms with Gasteiger partial charge in [-0.15, -0.1) is 0 Å². The fourth-order valence-corrected chi connectivity index (χ4v) is 1.99. The molecule has 0 spiro atoms. The SMILES string of the molecule is CC(=O)c1cnc(C#N)cc1B1OC(C)(C)C(C)(C)O1. The third-order valence-corrected chi connectivity index (χ3v) is 3.94. The van der Waals surface area contributed by atoms with Crippen molar-refractivity contribution in [2.45, 2.75) is 45.8 Å². The summed E-state index contributed by atoms with van der Waals surface area (Å²) in [6.45, 7) is 9.21. The Hall–Kier alpha value is -1.71. The lowest BCUT2D eigenvalue weighted by Crippen LogP contribution is -2.41. The molecule has 0 saturated carbocycles. The monoisotopic (exact) mass is 272 g/mol. The Balaban J connectivity index is 2.48. The Morgan fingerprint density at radius 2 is 1.85 bits per heavy atom. The predicted octanol–water partition coefficient (Wildman–Crippen LogP) is 1.46. The molecule has 0 N–H and O–H groups in total. The van der Waals surface area contributed by atoms with E-state index in [9.17, 15) is 4.79 Å². The first kappa shape index (κ1) is 14.7. The zero-order valence-electron chi connectivity index (χ0n) is 12.4. The first-order valence-electron chi connectivity index (χ1n) is 6.44. The summed E-state index contributed by atoms with van der Waals surface area (Å²) in [5.74, 6) is -0.133. The van der Waals surface area contributed by atoms with Crippen LogP contribution in [0.5, 0.6) is 0 Å². The van der Waals surface area contributed by atoms with Crippen LogP contribution in [-0.4, -0.2) is 29.1 Å². The molecule has 104 valence electrons. The summed E-state index contributed by atoms with van der Waals surface area (Å²) in [4.78, 5) is 15.6. The molecule has 0 radical (unpaired) electrons. The molecule has 0 aliphatic carbocycles. The van der Waals surface area contributed by atoms with Crippen molar-refractivity contribution in [3.05, 3.63) is 23.5 Å². The van der Waals surface area contributed by atoms with Crippen LogP contribution < -0.4 is 5.46 Å². The van der Waals surface area contributed by atoms with Crippen LogP contribution in [0.25, 0.3) is 0 Å². The van der Waals surface area contributed by atoms with Crippen molar-refractivity contribution in [1.29, 1.82) is 5.26 Å². The number of carbonyl (C=O) groups excluding carboxylic acids is 1. The van der Waals surface area contributed by atoms with Crippen LogP contribution in [0.4, 0.5) is 0 Å². The van der Waals surface area contributed by atoms with Gasteiger partial charge in [-0.3, -0.25) is 4.79 Å². The van der Waals surface area contributed by atoms with E-state index < -0.39 is 18.3 Å². The summed E-state index contributed by atoms with van der Waals surface area (Å²) in [5, 5.41) is 8.96. The maximum Gasteiger partial charge on any atom is 0.495 e. The van der Waals surface area contributed by atoms with Gasteiger partial charge in [-0.05, 0) is 46.1 Å². The van der Waals surface area contributed by atoms with Crippen LogP contribution in [-0.2, 0) is 9.31 Å². The van der Waals surface area contributed by atoms with Crippen molar-refractivity contribution < 1.29 is 14.1 Å². The fourth-order valence-electron chi connectivity index (χ4n) is 1.99. The minimum Gasteiger partial charge on any atom is -0.399 e. The van der Waals surface area contributed by atoms with E-state index in [1.165, 1.54) is 13.1 Å². The second-order valence-electron chi connectivity index (χ2n) is 5.91. The number of rotatable bonds is 2. The van der Waals surface area contributed by atoms with Crippen molar-refractivity contribution in [2.75, 3.05) is 0 Å². The van der Waals surface area contributed by atoms with E-state index in [4.69, 9.17) is 14.6 Å². The minimum absolute atomic E-state index is 0.133. The van der Waals surface area contributed by atoms with E-state index in [1.54, 1.807) is 6.07 Å². The van der Waals surface area contributed by atoms with Crippen LogP contribution in [0.15, 0.2) is 12.3 Å². The summed E-state index contributed by atoms with van der Waals surface area (Å²) >= 11 is 0. The molecule has 2 rings (SSSR count). The van der Waals surface area contributed by atoms with E-state index in [2.05, 4.69) is 4.98 Å². The average molecular weight is 272 g/mol. The number of nitrogens with zero attached hydrogens (tertiary/aromatic N) is 2. The van der Waals surface area contributed by atoms with Gasteiger partial charge in [0.05, 0.1) is 11.2 Å². The predicted molar refractivity (Wildman–Crippen MR) is 74.7 cm³/mol. The van der Waals surface area contributed by atoms with E-state index in [-0.39, 0.29) is 11.5 Å². The molecule has 1 aromatic heterocycles. The van der Waals surface area contributed by atoms with Crippen molar-refractivity contribution in [2.24, 2.45) is 0 Å². The summed E-state index contributed by atoms with van der Waals surface area (Å²) in [5.41, 5.74) is 0.216. The molecule has 0 unspecified atom stereocenters. The van der Waals surface area contributed by atoms with Gasteiger partial charge in [0.25, 0.3) is 0 Å². The van der Waals surface area contributed by atoms with Crippen molar-refractivity contribution in [3.8, 4) is 6.07 Å². The number of Topliss-reactive ketones (excluding diaryl/α,β-unsaturated/α-hetero) is 1. The maximum absolute atomic E-state index is 11.7. The largest absolute Gasteiger partial charge is 0.495 e. The van der Waals surface area contributed by atoms with E-state index in [0.29, 0.717) is 11.0 Å². The highest BCUT2D eigenvalue weighted by atomic mass is 16.7. The van der Waals surface area contributed by atoms with E-state index in [0.717, 1.165) is 0 Å². The first-order valence-corrected chi connectivity index (χ1v) is 6.44. The van der Waals surface area contributed by atoms with Gasteiger partial charge in [-0.2, -0.15) is 5.26 Å².